The molecule has 24 heavy (non-hydrogen) atoms. The molecule has 2 aromatic carbocycles. The van der Waals surface area contributed by atoms with E-state index < -0.39 is 21.8 Å². The molecule has 0 unspecified atom stereocenters. The van der Waals surface area contributed by atoms with E-state index in [1.807, 2.05) is 0 Å². The smallest absolute Gasteiger partial charge is 0.338 e. The molecule has 0 spiro atoms. The summed E-state index contributed by atoms with van der Waals surface area (Å²) in [6, 6.07) is 9.79. The summed E-state index contributed by atoms with van der Waals surface area (Å²) in [6.07, 6.45) is 0. The molecule has 2 N–H and O–H groups in total. The Labute approximate surface area is 139 Å². The Hall–Kier alpha value is -2.45. The van der Waals surface area contributed by atoms with Gasteiger partial charge in [0.1, 0.15) is 13.2 Å². The lowest BCUT2D eigenvalue weighted by atomic mass is 10.1. The first-order valence-corrected chi connectivity index (χ1v) is 8.51. The van der Waals surface area contributed by atoms with E-state index in [9.17, 15) is 17.6 Å². The zero-order valence-corrected chi connectivity index (χ0v) is 13.7. The molecule has 0 aliphatic rings. The van der Waals surface area contributed by atoms with Crippen LogP contribution in [-0.4, -0.2) is 27.6 Å². The average Bonchev–Trinajstić information content (AvgIpc) is 2.52. The normalized spacial score (nSPS) is 11.1. The molecule has 0 aliphatic carbocycles. The second-order valence-electron chi connectivity index (χ2n) is 4.94. The quantitative estimate of drug-likeness (QED) is 0.633. The van der Waals surface area contributed by atoms with Gasteiger partial charge in [-0.1, -0.05) is 18.2 Å². The van der Waals surface area contributed by atoms with Crippen LogP contribution in [0.3, 0.4) is 0 Å². The van der Waals surface area contributed by atoms with Gasteiger partial charge in [0, 0.05) is 0 Å². The van der Waals surface area contributed by atoms with Crippen molar-refractivity contribution in [1.29, 1.82) is 0 Å². The van der Waals surface area contributed by atoms with Gasteiger partial charge in [-0.2, -0.15) is 0 Å². The maximum Gasteiger partial charge on any atom is 0.338 e. The first-order chi connectivity index (χ1) is 11.3. The molecule has 0 saturated carbocycles. The van der Waals surface area contributed by atoms with E-state index in [2.05, 4.69) is 0 Å². The van der Waals surface area contributed by atoms with Crippen LogP contribution in [0.2, 0.25) is 0 Å². The SMILES string of the molecule is Cc1ccc(S(N)(=O)=O)cc1C(=O)OCCOc1ccccc1F. The van der Waals surface area contributed by atoms with E-state index in [-0.39, 0.29) is 29.4 Å². The van der Waals surface area contributed by atoms with E-state index >= 15 is 0 Å². The predicted molar refractivity (Wildman–Crippen MR) is 84.7 cm³/mol. The number of ether oxygens (including phenoxy) is 2. The summed E-state index contributed by atoms with van der Waals surface area (Å²) in [5, 5.41) is 5.04. The molecule has 0 aliphatic heterocycles. The van der Waals surface area contributed by atoms with Crippen molar-refractivity contribution in [2.24, 2.45) is 5.14 Å². The number of hydrogen-bond donors (Lipinski definition) is 1. The van der Waals surface area contributed by atoms with Gasteiger partial charge in [-0.3, -0.25) is 0 Å². The van der Waals surface area contributed by atoms with E-state index in [0.717, 1.165) is 6.07 Å². The van der Waals surface area contributed by atoms with Crippen molar-refractivity contribution < 1.29 is 27.1 Å². The fraction of sp³-hybridized carbons (Fsp3) is 0.188. The zero-order valence-electron chi connectivity index (χ0n) is 12.9. The van der Waals surface area contributed by atoms with Crippen molar-refractivity contribution in [3.05, 3.63) is 59.4 Å². The van der Waals surface area contributed by atoms with Crippen molar-refractivity contribution in [3.8, 4) is 5.75 Å². The number of hydrogen-bond acceptors (Lipinski definition) is 5. The Bertz CT molecular complexity index is 851. The third kappa shape index (κ3) is 4.53. The monoisotopic (exact) mass is 353 g/mol. The van der Waals surface area contributed by atoms with Gasteiger partial charge in [0.25, 0.3) is 0 Å². The van der Waals surface area contributed by atoms with Gasteiger partial charge in [0.15, 0.2) is 11.6 Å². The number of aryl methyl sites for hydroxylation is 1. The third-order valence-corrected chi connectivity index (χ3v) is 4.08. The van der Waals surface area contributed by atoms with Crippen LogP contribution in [-0.2, 0) is 14.8 Å². The molecule has 0 bridgehead atoms. The topological polar surface area (TPSA) is 95.7 Å². The molecular formula is C16H16FNO5S. The number of nitrogens with two attached hydrogens (primary N) is 1. The number of benzene rings is 2. The third-order valence-electron chi connectivity index (χ3n) is 3.17. The summed E-state index contributed by atoms with van der Waals surface area (Å²) in [4.78, 5) is 11.9. The summed E-state index contributed by atoms with van der Waals surface area (Å²) < 4.78 is 46.2. The van der Waals surface area contributed by atoms with Gasteiger partial charge in [-0.15, -0.1) is 0 Å². The van der Waals surface area contributed by atoms with Crippen LogP contribution in [0.15, 0.2) is 47.4 Å². The molecular weight excluding hydrogens is 337 g/mol. The predicted octanol–water partition coefficient (Wildman–Crippen LogP) is 2.02. The van der Waals surface area contributed by atoms with Crippen molar-refractivity contribution in [1.82, 2.24) is 0 Å². The molecule has 6 nitrogen and oxygen atoms in total. The molecule has 8 heteroatoms. The second-order valence-corrected chi connectivity index (χ2v) is 6.50. The van der Waals surface area contributed by atoms with Crippen LogP contribution >= 0.6 is 0 Å². The van der Waals surface area contributed by atoms with Gasteiger partial charge in [-0.25, -0.2) is 22.7 Å². The number of carbonyl (C=O) groups is 1. The maximum absolute atomic E-state index is 13.3. The minimum atomic E-state index is -3.92. The molecule has 0 radical (unpaired) electrons. The Balaban J connectivity index is 1.97. The highest BCUT2D eigenvalue weighted by Gasteiger charge is 2.16. The van der Waals surface area contributed by atoms with E-state index in [0.29, 0.717) is 5.56 Å². The minimum absolute atomic E-state index is 0.0411. The molecule has 0 fully saturated rings. The summed E-state index contributed by atoms with van der Waals surface area (Å²) in [5.41, 5.74) is 0.634. The summed E-state index contributed by atoms with van der Waals surface area (Å²) in [6.45, 7) is 1.48. The largest absolute Gasteiger partial charge is 0.487 e. The Morgan fingerprint density at radius 2 is 1.88 bits per heavy atom. The Morgan fingerprint density at radius 1 is 1.17 bits per heavy atom. The molecule has 0 amide bonds. The van der Waals surface area contributed by atoms with Gasteiger partial charge in [0.2, 0.25) is 10.0 Å². The highest BCUT2D eigenvalue weighted by Crippen LogP contribution is 2.17. The number of halogens is 1. The lowest BCUT2D eigenvalue weighted by molar-refractivity contribution is 0.0447. The van der Waals surface area contributed by atoms with Crippen molar-refractivity contribution in [2.75, 3.05) is 13.2 Å². The number of primary sulfonamides is 1. The van der Waals surface area contributed by atoms with E-state index in [1.165, 1.54) is 30.3 Å². The summed E-state index contributed by atoms with van der Waals surface area (Å²) >= 11 is 0. The first kappa shape index (κ1) is 17.9. The minimum Gasteiger partial charge on any atom is -0.487 e. The Kier molecular flexibility index (Phi) is 5.53. The zero-order chi connectivity index (χ0) is 17.7. The highest BCUT2D eigenvalue weighted by atomic mass is 32.2. The van der Waals surface area contributed by atoms with Crippen LogP contribution in [0, 0.1) is 12.7 Å². The van der Waals surface area contributed by atoms with Crippen LogP contribution < -0.4 is 9.88 Å². The van der Waals surface area contributed by atoms with Crippen LogP contribution in [0.1, 0.15) is 15.9 Å². The van der Waals surface area contributed by atoms with Gasteiger partial charge >= 0.3 is 5.97 Å². The average molecular weight is 353 g/mol. The highest BCUT2D eigenvalue weighted by molar-refractivity contribution is 7.89. The molecule has 0 saturated heterocycles. The lowest BCUT2D eigenvalue weighted by Crippen LogP contribution is -2.16. The number of rotatable bonds is 6. The van der Waals surface area contributed by atoms with Crippen LogP contribution in [0.5, 0.6) is 5.75 Å². The molecule has 0 atom stereocenters. The summed E-state index contributed by atoms with van der Waals surface area (Å²) in [7, 11) is -3.92. The Morgan fingerprint density at radius 3 is 2.54 bits per heavy atom. The van der Waals surface area contributed by atoms with Crippen molar-refractivity contribution in [3.63, 3.8) is 0 Å². The van der Waals surface area contributed by atoms with E-state index in [4.69, 9.17) is 14.6 Å². The van der Waals surface area contributed by atoms with Crippen molar-refractivity contribution >= 4 is 16.0 Å². The number of esters is 1. The maximum atomic E-state index is 13.3. The second kappa shape index (κ2) is 7.41. The first-order valence-electron chi connectivity index (χ1n) is 6.97. The molecule has 2 rings (SSSR count). The van der Waals surface area contributed by atoms with E-state index in [1.54, 1.807) is 13.0 Å². The van der Waals surface area contributed by atoms with Crippen molar-refractivity contribution in [2.45, 2.75) is 11.8 Å². The molecule has 2 aromatic rings. The van der Waals surface area contributed by atoms with Crippen LogP contribution in [0.4, 0.5) is 4.39 Å². The summed E-state index contributed by atoms with van der Waals surface area (Å²) in [5.74, 6) is -1.17. The molecule has 0 aromatic heterocycles. The fourth-order valence-electron chi connectivity index (χ4n) is 1.92. The van der Waals surface area contributed by atoms with Gasteiger partial charge < -0.3 is 9.47 Å². The standard InChI is InChI=1S/C16H16FNO5S/c1-11-6-7-12(24(18,20)21)10-13(11)16(19)23-9-8-22-15-5-3-2-4-14(15)17/h2-7,10H,8-9H2,1H3,(H2,18,20,21). The molecule has 128 valence electrons. The number of para-hydroxylation sites is 1. The van der Waals surface area contributed by atoms with Crippen LogP contribution in [0.25, 0.3) is 0 Å². The number of carbonyl (C=O) groups excluding carboxylic acids is 1. The lowest BCUT2D eigenvalue weighted by Gasteiger charge is -2.10. The van der Waals surface area contributed by atoms with Gasteiger partial charge in [0.05, 0.1) is 10.5 Å². The number of sulfonamides is 1. The fourth-order valence-corrected chi connectivity index (χ4v) is 2.46. The van der Waals surface area contributed by atoms with Gasteiger partial charge in [-0.05, 0) is 36.8 Å². The molecule has 0 heterocycles.